The van der Waals surface area contributed by atoms with Crippen LogP contribution in [0, 0.1) is 0 Å². The van der Waals surface area contributed by atoms with Gasteiger partial charge in [-0.05, 0) is 47.9 Å². The van der Waals surface area contributed by atoms with Crippen molar-refractivity contribution in [3.05, 3.63) is 82.8 Å². The second kappa shape index (κ2) is 10.2. The van der Waals surface area contributed by atoms with Gasteiger partial charge in [0.05, 0.1) is 18.5 Å². The van der Waals surface area contributed by atoms with Crippen LogP contribution in [0.25, 0.3) is 22.2 Å². The molecular weight excluding hydrogens is 502 g/mol. The van der Waals surface area contributed by atoms with E-state index < -0.39 is 0 Å². The highest BCUT2D eigenvalue weighted by Gasteiger charge is 2.24. The maximum absolute atomic E-state index is 13.3. The zero-order valence-electron chi connectivity index (χ0n) is 20.2. The molecule has 0 radical (unpaired) electrons. The summed E-state index contributed by atoms with van der Waals surface area (Å²) in [5, 5.41) is 1.22. The number of piperazine rings is 1. The molecule has 0 atom stereocenters. The monoisotopic (exact) mass is 531 g/mol. The number of halogens is 1. The van der Waals surface area contributed by atoms with Crippen LogP contribution < -0.4 is 9.64 Å². The van der Waals surface area contributed by atoms with Gasteiger partial charge in [-0.25, -0.2) is 0 Å². The van der Waals surface area contributed by atoms with Crippen LogP contribution >= 0.6 is 15.9 Å². The van der Waals surface area contributed by atoms with Gasteiger partial charge in [-0.3, -0.25) is 4.79 Å². The summed E-state index contributed by atoms with van der Waals surface area (Å²) in [6, 6.07) is 25.0. The Balaban J connectivity index is 1.32. The zero-order chi connectivity index (χ0) is 24.4. The normalized spacial score (nSPS) is 13.9. The molecule has 35 heavy (non-hydrogen) atoms. The number of fused-ring (bicyclic) bond motifs is 1. The number of carbonyl (C=O) groups is 1. The van der Waals surface area contributed by atoms with Gasteiger partial charge in [0.25, 0.3) is 0 Å². The van der Waals surface area contributed by atoms with Gasteiger partial charge in [-0.2, -0.15) is 0 Å². The Bertz CT molecular complexity index is 1360. The minimum atomic E-state index is 0.220. The molecule has 0 N–H and O–H groups in total. The van der Waals surface area contributed by atoms with E-state index in [0.29, 0.717) is 6.42 Å². The number of hydrogen-bond donors (Lipinski definition) is 0. The molecule has 1 saturated heterocycles. The fourth-order valence-corrected chi connectivity index (χ4v) is 5.61. The molecule has 2 heterocycles. The van der Waals surface area contributed by atoms with Gasteiger partial charge in [0.2, 0.25) is 5.91 Å². The first-order valence-corrected chi connectivity index (χ1v) is 12.8. The van der Waals surface area contributed by atoms with Gasteiger partial charge in [0, 0.05) is 55.0 Å². The van der Waals surface area contributed by atoms with Crippen molar-refractivity contribution in [2.24, 2.45) is 7.05 Å². The number of benzene rings is 3. The molecule has 5 nitrogen and oxygen atoms in total. The molecule has 1 aliphatic heterocycles. The zero-order valence-corrected chi connectivity index (χ0v) is 21.8. The first kappa shape index (κ1) is 23.5. The average molecular weight is 532 g/mol. The topological polar surface area (TPSA) is 37.7 Å². The third-order valence-electron chi connectivity index (χ3n) is 6.96. The molecule has 0 aliphatic carbocycles. The van der Waals surface area contributed by atoms with Crippen LogP contribution in [0.15, 0.2) is 77.3 Å². The summed E-state index contributed by atoms with van der Waals surface area (Å²) in [5.74, 6) is 1.10. The lowest BCUT2D eigenvalue weighted by molar-refractivity contribution is -0.131. The second-order valence-electron chi connectivity index (χ2n) is 8.95. The highest BCUT2D eigenvalue weighted by molar-refractivity contribution is 9.10. The molecule has 0 saturated carbocycles. The van der Waals surface area contributed by atoms with E-state index in [9.17, 15) is 4.79 Å². The van der Waals surface area contributed by atoms with E-state index in [1.807, 2.05) is 29.2 Å². The smallest absolute Gasteiger partial charge is 0.223 e. The summed E-state index contributed by atoms with van der Waals surface area (Å²) in [5.41, 5.74) is 5.86. The summed E-state index contributed by atoms with van der Waals surface area (Å²) in [7, 11) is 3.81. The number of rotatable bonds is 6. The van der Waals surface area contributed by atoms with Crippen LogP contribution in [0.3, 0.4) is 0 Å². The molecule has 0 spiro atoms. The predicted octanol–water partition coefficient (Wildman–Crippen LogP) is 5.90. The van der Waals surface area contributed by atoms with Crippen LogP contribution in [0.2, 0.25) is 0 Å². The van der Waals surface area contributed by atoms with Crippen LogP contribution in [0.4, 0.5) is 5.69 Å². The van der Waals surface area contributed by atoms with Gasteiger partial charge < -0.3 is 19.1 Å². The Kier molecular flexibility index (Phi) is 6.82. The fraction of sp³-hybridized carbons (Fsp3) is 0.276. The van der Waals surface area contributed by atoms with Crippen molar-refractivity contribution in [3.63, 3.8) is 0 Å². The van der Waals surface area contributed by atoms with Crippen LogP contribution in [-0.2, 0) is 18.3 Å². The van der Waals surface area contributed by atoms with Crippen molar-refractivity contribution in [1.29, 1.82) is 0 Å². The number of anilines is 1. The maximum Gasteiger partial charge on any atom is 0.223 e. The summed E-state index contributed by atoms with van der Waals surface area (Å²) in [4.78, 5) is 17.6. The van der Waals surface area contributed by atoms with Crippen LogP contribution in [-0.4, -0.2) is 48.7 Å². The molecule has 6 heteroatoms. The van der Waals surface area contributed by atoms with Crippen molar-refractivity contribution < 1.29 is 9.53 Å². The molecule has 0 unspecified atom stereocenters. The van der Waals surface area contributed by atoms with E-state index in [4.69, 9.17) is 4.74 Å². The quantitative estimate of drug-likeness (QED) is 0.311. The van der Waals surface area contributed by atoms with Crippen molar-refractivity contribution >= 4 is 38.4 Å². The van der Waals surface area contributed by atoms with Gasteiger partial charge in [-0.15, -0.1) is 0 Å². The Hall–Kier alpha value is -3.25. The number of carbonyl (C=O) groups excluding carboxylic acids is 1. The SMILES string of the molecule is COc1ccccc1N1CCN(C(=O)CCc2c(-c3cccc(Br)c3)n(C)c3ccccc23)CC1. The second-order valence-corrected chi connectivity index (χ2v) is 9.87. The first-order valence-electron chi connectivity index (χ1n) is 12.0. The van der Waals surface area contributed by atoms with Crippen molar-refractivity contribution in [1.82, 2.24) is 9.47 Å². The summed E-state index contributed by atoms with van der Waals surface area (Å²) >= 11 is 3.62. The van der Waals surface area contributed by atoms with Crippen LogP contribution in [0.1, 0.15) is 12.0 Å². The Morgan fingerprint density at radius 3 is 2.46 bits per heavy atom. The Morgan fingerprint density at radius 2 is 1.69 bits per heavy atom. The lowest BCUT2D eigenvalue weighted by Gasteiger charge is -2.36. The number of ether oxygens (including phenoxy) is 1. The third kappa shape index (κ3) is 4.67. The molecule has 180 valence electrons. The molecule has 0 bridgehead atoms. The fourth-order valence-electron chi connectivity index (χ4n) is 5.21. The van der Waals surface area contributed by atoms with Gasteiger partial charge in [-0.1, -0.05) is 58.4 Å². The minimum absolute atomic E-state index is 0.220. The summed E-state index contributed by atoms with van der Waals surface area (Å²) < 4.78 is 8.83. The predicted molar refractivity (Wildman–Crippen MR) is 146 cm³/mol. The summed E-state index contributed by atoms with van der Waals surface area (Å²) in [6.07, 6.45) is 1.22. The molecule has 4 aromatic rings. The van der Waals surface area contributed by atoms with E-state index in [1.54, 1.807) is 7.11 Å². The molecule has 1 aromatic heterocycles. The van der Waals surface area contributed by atoms with Gasteiger partial charge >= 0.3 is 0 Å². The molecule has 5 rings (SSSR count). The maximum atomic E-state index is 13.3. The molecule has 1 fully saturated rings. The minimum Gasteiger partial charge on any atom is -0.495 e. The van der Waals surface area contributed by atoms with Crippen molar-refractivity contribution in [2.75, 3.05) is 38.2 Å². The largest absolute Gasteiger partial charge is 0.495 e. The molecule has 1 aliphatic rings. The number of aryl methyl sites for hydroxylation is 2. The molecule has 1 amide bonds. The van der Waals surface area contributed by atoms with Gasteiger partial charge in [0.1, 0.15) is 5.75 Å². The number of hydrogen-bond acceptors (Lipinski definition) is 3. The Labute approximate surface area is 215 Å². The number of aromatic nitrogens is 1. The van der Waals surface area contributed by atoms with E-state index in [1.165, 1.54) is 22.2 Å². The van der Waals surface area contributed by atoms with Crippen molar-refractivity contribution in [2.45, 2.75) is 12.8 Å². The van der Waals surface area contributed by atoms with E-state index in [0.717, 1.165) is 54.1 Å². The lowest BCUT2D eigenvalue weighted by Crippen LogP contribution is -2.48. The number of amides is 1. The number of para-hydroxylation sites is 3. The standard InChI is InChI=1S/C29H30BrN3O2/c1-31-25-11-4-3-10-23(25)24(29(31)21-8-7-9-22(30)20-21)14-15-28(34)33-18-16-32(17-19-33)26-12-5-6-13-27(26)35-2/h3-13,20H,14-19H2,1-2H3. The van der Waals surface area contributed by atoms with Crippen molar-refractivity contribution in [3.8, 4) is 17.0 Å². The van der Waals surface area contributed by atoms with Crippen LogP contribution in [0.5, 0.6) is 5.75 Å². The van der Waals surface area contributed by atoms with E-state index in [-0.39, 0.29) is 5.91 Å². The third-order valence-corrected chi connectivity index (χ3v) is 7.45. The lowest BCUT2D eigenvalue weighted by atomic mass is 10.0. The van der Waals surface area contributed by atoms with E-state index in [2.05, 4.69) is 81.0 Å². The number of methoxy groups -OCH3 is 1. The summed E-state index contributed by atoms with van der Waals surface area (Å²) in [6.45, 7) is 3.07. The Morgan fingerprint density at radius 1 is 0.943 bits per heavy atom. The molecule has 3 aromatic carbocycles. The number of nitrogens with zero attached hydrogens (tertiary/aromatic N) is 3. The highest BCUT2D eigenvalue weighted by Crippen LogP contribution is 2.35. The highest BCUT2D eigenvalue weighted by atomic mass is 79.9. The van der Waals surface area contributed by atoms with Gasteiger partial charge in [0.15, 0.2) is 0 Å². The average Bonchev–Trinajstić information content (AvgIpc) is 3.18. The first-order chi connectivity index (χ1) is 17.1. The molecular formula is C29H30BrN3O2. The van der Waals surface area contributed by atoms with E-state index >= 15 is 0 Å².